The van der Waals surface area contributed by atoms with Gasteiger partial charge in [0.1, 0.15) is 18.0 Å². The van der Waals surface area contributed by atoms with Crippen LogP contribution in [-0.4, -0.2) is 60.6 Å². The third kappa shape index (κ3) is 6.58. The number of rotatable bonds is 7. The van der Waals surface area contributed by atoms with E-state index < -0.39 is 35.9 Å². The van der Waals surface area contributed by atoms with E-state index in [1.165, 1.54) is 11.2 Å². The van der Waals surface area contributed by atoms with Crippen molar-refractivity contribution in [2.24, 2.45) is 0 Å². The smallest absolute Gasteiger partial charge is 0.411 e. The number of benzene rings is 3. The van der Waals surface area contributed by atoms with Gasteiger partial charge in [-0.2, -0.15) is 0 Å². The van der Waals surface area contributed by atoms with Crippen molar-refractivity contribution in [2.45, 2.75) is 51.0 Å². The number of esters is 1. The minimum atomic E-state index is -0.939. The van der Waals surface area contributed by atoms with Crippen LogP contribution in [0.5, 0.6) is 0 Å². The van der Waals surface area contributed by atoms with E-state index >= 15 is 0 Å². The maximum absolute atomic E-state index is 14.0. The van der Waals surface area contributed by atoms with Crippen LogP contribution in [0.25, 0.3) is 11.2 Å². The summed E-state index contributed by atoms with van der Waals surface area (Å²) in [6.07, 6.45) is 1.86. The zero-order valence-corrected chi connectivity index (χ0v) is 25.7. The van der Waals surface area contributed by atoms with Crippen molar-refractivity contribution in [3.63, 3.8) is 0 Å². The molecule has 3 heterocycles. The Balaban J connectivity index is 1.29. The average Bonchev–Trinajstić information content (AvgIpc) is 3.70. The number of nitrogens with zero attached hydrogens (tertiary/aromatic N) is 5. The van der Waals surface area contributed by atoms with Gasteiger partial charge in [0.2, 0.25) is 0 Å². The van der Waals surface area contributed by atoms with Crippen molar-refractivity contribution in [3.8, 4) is 0 Å². The Morgan fingerprint density at radius 3 is 2.07 bits per heavy atom. The Morgan fingerprint density at radius 2 is 1.46 bits per heavy atom. The van der Waals surface area contributed by atoms with Gasteiger partial charge in [-0.05, 0) is 44.0 Å². The van der Waals surface area contributed by atoms with Crippen molar-refractivity contribution < 1.29 is 23.9 Å². The lowest BCUT2D eigenvalue weighted by Crippen LogP contribution is -2.44. The molecule has 1 aliphatic heterocycles. The summed E-state index contributed by atoms with van der Waals surface area (Å²) in [5.41, 5.74) is 2.15. The molecule has 1 aliphatic rings. The van der Waals surface area contributed by atoms with Gasteiger partial charge in [0.25, 0.3) is 5.91 Å². The SMILES string of the molecule is CC(C)(C)OC(=O)N1CC(n2cnc3c(NC(=O)c4ccccc4)ncnc32)C[C@@H]1C(=O)OC(c1ccccc1)c1ccccc1. The number of amides is 2. The molecule has 0 spiro atoms. The van der Waals surface area contributed by atoms with Gasteiger partial charge in [-0.3, -0.25) is 9.69 Å². The predicted octanol–water partition coefficient (Wildman–Crippen LogP) is 5.96. The molecule has 1 N–H and O–H groups in total. The lowest BCUT2D eigenvalue weighted by atomic mass is 10.0. The minimum Gasteiger partial charge on any atom is -0.451 e. The van der Waals surface area contributed by atoms with Crippen molar-refractivity contribution in [1.29, 1.82) is 0 Å². The fourth-order valence-corrected chi connectivity index (χ4v) is 5.52. The number of aromatic nitrogens is 4. The number of fused-ring (bicyclic) bond motifs is 1. The van der Waals surface area contributed by atoms with Gasteiger partial charge in [0.05, 0.1) is 12.4 Å². The normalized spacial score (nSPS) is 16.4. The largest absolute Gasteiger partial charge is 0.451 e. The molecule has 3 aromatic carbocycles. The Kier molecular flexibility index (Phi) is 8.47. The molecule has 0 bridgehead atoms. The lowest BCUT2D eigenvalue weighted by Gasteiger charge is -2.28. The van der Waals surface area contributed by atoms with Gasteiger partial charge in [0.15, 0.2) is 23.1 Å². The molecule has 11 nitrogen and oxygen atoms in total. The molecule has 0 radical (unpaired) electrons. The second kappa shape index (κ2) is 12.8. The van der Waals surface area contributed by atoms with E-state index in [1.807, 2.05) is 66.7 Å². The number of ether oxygens (including phenoxy) is 2. The van der Waals surface area contributed by atoms with Crippen LogP contribution < -0.4 is 5.32 Å². The summed E-state index contributed by atoms with van der Waals surface area (Å²) in [6, 6.07) is 26.4. The van der Waals surface area contributed by atoms with Crippen LogP contribution in [0.1, 0.15) is 60.8 Å². The Hall–Kier alpha value is -5.58. The van der Waals surface area contributed by atoms with Crippen LogP contribution in [0.3, 0.4) is 0 Å². The van der Waals surface area contributed by atoms with Gasteiger partial charge >= 0.3 is 12.1 Å². The number of nitrogens with one attached hydrogen (secondary N) is 1. The van der Waals surface area contributed by atoms with E-state index in [2.05, 4.69) is 20.3 Å². The van der Waals surface area contributed by atoms with E-state index in [1.54, 1.807) is 55.9 Å². The van der Waals surface area contributed by atoms with Crippen LogP contribution in [0, 0.1) is 0 Å². The van der Waals surface area contributed by atoms with Crippen molar-refractivity contribution in [3.05, 3.63) is 120 Å². The summed E-state index contributed by atoms with van der Waals surface area (Å²) >= 11 is 0. The lowest BCUT2D eigenvalue weighted by molar-refractivity contribution is -0.152. The number of carbonyl (C=O) groups is 3. The first kappa shape index (κ1) is 30.4. The zero-order chi connectivity index (χ0) is 32.3. The third-order valence-corrected chi connectivity index (χ3v) is 7.64. The molecular weight excluding hydrogens is 584 g/mol. The highest BCUT2D eigenvalue weighted by Crippen LogP contribution is 2.35. The van der Waals surface area contributed by atoms with E-state index in [4.69, 9.17) is 9.47 Å². The van der Waals surface area contributed by atoms with Crippen LogP contribution in [0.4, 0.5) is 10.6 Å². The van der Waals surface area contributed by atoms with Crippen LogP contribution in [-0.2, 0) is 14.3 Å². The molecule has 11 heteroatoms. The summed E-state index contributed by atoms with van der Waals surface area (Å²) in [6.45, 7) is 5.48. The summed E-state index contributed by atoms with van der Waals surface area (Å²) in [7, 11) is 0. The Bertz CT molecular complexity index is 1800. The number of anilines is 1. The molecule has 0 aliphatic carbocycles. The maximum Gasteiger partial charge on any atom is 0.411 e. The third-order valence-electron chi connectivity index (χ3n) is 7.64. The Labute approximate surface area is 266 Å². The average molecular weight is 619 g/mol. The predicted molar refractivity (Wildman–Crippen MR) is 171 cm³/mol. The molecule has 0 saturated carbocycles. The molecule has 1 unspecified atom stereocenters. The van der Waals surface area contributed by atoms with Crippen LogP contribution >= 0.6 is 0 Å². The molecule has 6 rings (SSSR count). The van der Waals surface area contributed by atoms with E-state index in [-0.39, 0.29) is 24.7 Å². The van der Waals surface area contributed by atoms with Crippen molar-refractivity contribution in [2.75, 3.05) is 11.9 Å². The van der Waals surface area contributed by atoms with Crippen molar-refractivity contribution in [1.82, 2.24) is 24.4 Å². The highest BCUT2D eigenvalue weighted by Gasteiger charge is 2.44. The minimum absolute atomic E-state index is 0.150. The molecular formula is C35H34N6O5. The summed E-state index contributed by atoms with van der Waals surface area (Å²) < 4.78 is 13.7. The summed E-state index contributed by atoms with van der Waals surface area (Å²) in [4.78, 5) is 55.0. The number of hydrogen-bond acceptors (Lipinski definition) is 8. The molecule has 1 fully saturated rings. The van der Waals surface area contributed by atoms with Gasteiger partial charge in [0, 0.05) is 18.5 Å². The molecule has 1 saturated heterocycles. The van der Waals surface area contributed by atoms with Gasteiger partial charge in [-0.15, -0.1) is 0 Å². The number of likely N-dealkylation sites (tertiary alicyclic amines) is 1. The molecule has 2 aromatic heterocycles. The maximum atomic E-state index is 14.0. The standard InChI is InChI=1S/C35H34N6O5/c1-35(2,3)46-34(44)40-20-26(19-27(40)33(43)45-29(23-13-7-4-8-14-23)24-15-9-5-10-16-24)41-22-38-28-30(36-21-37-31(28)41)39-32(42)25-17-11-6-12-18-25/h4-18,21-22,26-27,29H,19-20H2,1-3H3,(H,36,37,39,42)/t26?,27-/m1/s1. The van der Waals surface area contributed by atoms with Crippen LogP contribution in [0.2, 0.25) is 0 Å². The second-order valence-electron chi connectivity index (χ2n) is 12.0. The van der Waals surface area contributed by atoms with E-state index in [9.17, 15) is 14.4 Å². The monoisotopic (exact) mass is 618 g/mol. The molecule has 46 heavy (non-hydrogen) atoms. The van der Waals surface area contributed by atoms with Crippen LogP contribution in [0.15, 0.2) is 104 Å². The van der Waals surface area contributed by atoms with E-state index in [0.29, 0.717) is 16.7 Å². The summed E-state index contributed by atoms with van der Waals surface area (Å²) in [5, 5.41) is 2.81. The first-order valence-corrected chi connectivity index (χ1v) is 15.0. The van der Waals surface area contributed by atoms with Gasteiger partial charge < -0.3 is 19.4 Å². The quantitative estimate of drug-likeness (QED) is 0.221. The molecule has 2 atom stereocenters. The highest BCUT2D eigenvalue weighted by atomic mass is 16.6. The van der Waals surface area contributed by atoms with Gasteiger partial charge in [-0.25, -0.2) is 24.5 Å². The summed E-state index contributed by atoms with van der Waals surface area (Å²) in [5.74, 6) is -0.633. The second-order valence-corrected chi connectivity index (χ2v) is 12.0. The number of hydrogen-bond donors (Lipinski definition) is 1. The zero-order valence-electron chi connectivity index (χ0n) is 25.7. The number of imidazole rings is 1. The first-order chi connectivity index (χ1) is 22.2. The Morgan fingerprint density at radius 1 is 0.848 bits per heavy atom. The van der Waals surface area contributed by atoms with Gasteiger partial charge in [-0.1, -0.05) is 78.9 Å². The number of carbonyl (C=O) groups excluding carboxylic acids is 3. The fourth-order valence-electron chi connectivity index (χ4n) is 5.52. The molecule has 234 valence electrons. The van der Waals surface area contributed by atoms with Crippen molar-refractivity contribution >= 4 is 35.0 Å². The molecule has 2 amide bonds. The topological polar surface area (TPSA) is 129 Å². The first-order valence-electron chi connectivity index (χ1n) is 15.0. The fraction of sp³-hybridized carbons (Fsp3) is 0.257. The highest BCUT2D eigenvalue weighted by molar-refractivity contribution is 6.06. The van der Waals surface area contributed by atoms with E-state index in [0.717, 1.165) is 11.1 Å². The molecule has 5 aromatic rings.